The second-order valence-electron chi connectivity index (χ2n) is 4.68. The van der Waals surface area contributed by atoms with Gasteiger partial charge in [0.2, 0.25) is 0 Å². The van der Waals surface area contributed by atoms with Crippen molar-refractivity contribution in [2.45, 2.75) is 11.8 Å². The van der Waals surface area contributed by atoms with Gasteiger partial charge in [-0.3, -0.25) is 14.8 Å². The van der Waals surface area contributed by atoms with Crippen molar-refractivity contribution >= 4 is 35.3 Å². The van der Waals surface area contributed by atoms with Gasteiger partial charge in [-0.2, -0.15) is 0 Å². The molecular weight excluding hydrogens is 346 g/mol. The Bertz CT molecular complexity index is 780. The van der Waals surface area contributed by atoms with Crippen LogP contribution in [0.1, 0.15) is 17.3 Å². The molecule has 2 rings (SSSR count). The lowest BCUT2D eigenvalue weighted by Crippen LogP contribution is -2.24. The molecule has 130 valence electrons. The minimum atomic E-state index is -0.542. The van der Waals surface area contributed by atoms with Gasteiger partial charge in [-0.05, 0) is 43.1 Å². The van der Waals surface area contributed by atoms with Gasteiger partial charge in [-0.1, -0.05) is 12.1 Å². The Morgan fingerprint density at radius 3 is 2.48 bits per heavy atom. The highest BCUT2D eigenvalue weighted by Crippen LogP contribution is 2.20. The lowest BCUT2D eigenvalue weighted by atomic mass is 10.2. The van der Waals surface area contributed by atoms with Crippen LogP contribution in [0.4, 0.5) is 16.2 Å². The maximum atomic E-state index is 12.0. The van der Waals surface area contributed by atoms with E-state index in [-0.39, 0.29) is 17.9 Å². The van der Waals surface area contributed by atoms with E-state index in [0.717, 1.165) is 11.9 Å². The number of nitrogens with one attached hydrogen (secondary N) is 2. The highest BCUT2D eigenvalue weighted by atomic mass is 32.2. The summed E-state index contributed by atoms with van der Waals surface area (Å²) >= 11 is 0.992. The summed E-state index contributed by atoms with van der Waals surface area (Å²) in [5, 5.41) is 13.2. The van der Waals surface area contributed by atoms with E-state index in [1.54, 1.807) is 31.2 Å². The molecule has 2 aromatic rings. The van der Waals surface area contributed by atoms with Crippen molar-refractivity contribution in [1.82, 2.24) is 4.72 Å². The van der Waals surface area contributed by atoms with Gasteiger partial charge >= 0.3 is 12.0 Å². The van der Waals surface area contributed by atoms with Crippen LogP contribution in [0.25, 0.3) is 0 Å². The number of rotatable bonds is 6. The van der Waals surface area contributed by atoms with Crippen molar-refractivity contribution in [3.05, 3.63) is 64.2 Å². The molecule has 0 aliphatic rings. The largest absolute Gasteiger partial charge is 0.462 e. The molecule has 0 saturated carbocycles. The molecule has 2 aromatic carbocycles. The minimum absolute atomic E-state index is 0.0304. The number of anilines is 1. The average Bonchev–Trinajstić information content (AvgIpc) is 2.61. The number of nitrogens with zero attached hydrogens (tertiary/aromatic N) is 1. The highest BCUT2D eigenvalue weighted by molar-refractivity contribution is 7.98. The van der Waals surface area contributed by atoms with Crippen molar-refractivity contribution < 1.29 is 19.2 Å². The fourth-order valence-electron chi connectivity index (χ4n) is 1.87. The molecule has 0 aromatic heterocycles. The van der Waals surface area contributed by atoms with Crippen molar-refractivity contribution in [2.24, 2.45) is 0 Å². The van der Waals surface area contributed by atoms with Crippen LogP contribution in [0.3, 0.4) is 0 Å². The van der Waals surface area contributed by atoms with Crippen LogP contribution in [0, 0.1) is 10.1 Å². The molecule has 2 amide bonds. The van der Waals surface area contributed by atoms with E-state index < -0.39 is 16.9 Å². The quantitative estimate of drug-likeness (QED) is 0.352. The molecule has 0 spiro atoms. The number of non-ortho nitro benzene ring substituents is 1. The normalized spacial score (nSPS) is 9.96. The molecule has 0 heterocycles. The summed E-state index contributed by atoms with van der Waals surface area (Å²) in [7, 11) is 0. The zero-order valence-corrected chi connectivity index (χ0v) is 14.0. The first-order chi connectivity index (χ1) is 12.0. The van der Waals surface area contributed by atoms with Gasteiger partial charge in [0, 0.05) is 17.0 Å². The Morgan fingerprint density at radius 1 is 1.16 bits per heavy atom. The lowest BCUT2D eigenvalue weighted by molar-refractivity contribution is -0.384. The third-order valence-electron chi connectivity index (χ3n) is 2.98. The maximum Gasteiger partial charge on any atom is 0.340 e. The Balaban J connectivity index is 1.96. The summed E-state index contributed by atoms with van der Waals surface area (Å²) in [6, 6.07) is 11.7. The second-order valence-corrected chi connectivity index (χ2v) is 5.55. The molecule has 0 radical (unpaired) electrons. The first-order valence-corrected chi connectivity index (χ1v) is 8.07. The van der Waals surface area contributed by atoms with Gasteiger partial charge in [-0.15, -0.1) is 0 Å². The minimum Gasteiger partial charge on any atom is -0.462 e. The van der Waals surface area contributed by atoms with E-state index in [1.165, 1.54) is 24.3 Å². The number of hydrogen-bond acceptors (Lipinski definition) is 6. The van der Waals surface area contributed by atoms with Crippen LogP contribution in [0.15, 0.2) is 53.4 Å². The predicted octanol–water partition coefficient (Wildman–Crippen LogP) is 3.60. The maximum absolute atomic E-state index is 12.0. The van der Waals surface area contributed by atoms with E-state index in [0.29, 0.717) is 10.6 Å². The zero-order chi connectivity index (χ0) is 18.2. The molecule has 0 unspecified atom stereocenters. The van der Waals surface area contributed by atoms with E-state index in [9.17, 15) is 19.7 Å². The van der Waals surface area contributed by atoms with Gasteiger partial charge in [0.15, 0.2) is 0 Å². The number of carbonyl (C=O) groups excluding carboxylic acids is 2. The Morgan fingerprint density at radius 2 is 1.84 bits per heavy atom. The van der Waals surface area contributed by atoms with E-state index in [1.807, 2.05) is 0 Å². The van der Waals surface area contributed by atoms with Crippen molar-refractivity contribution in [3.8, 4) is 0 Å². The summed E-state index contributed by atoms with van der Waals surface area (Å²) < 4.78 is 7.48. The molecule has 0 bridgehead atoms. The van der Waals surface area contributed by atoms with Gasteiger partial charge in [0.05, 0.1) is 22.8 Å². The number of ether oxygens (including phenoxy) is 1. The number of urea groups is 1. The fraction of sp³-hybridized carbons (Fsp3) is 0.125. The Labute approximate surface area is 147 Å². The number of amides is 2. The first kappa shape index (κ1) is 18.3. The number of nitro benzene ring substituents is 1. The van der Waals surface area contributed by atoms with Crippen LogP contribution in [-0.2, 0) is 4.74 Å². The molecule has 0 fully saturated rings. The molecular formula is C16H15N3O5S. The number of esters is 1. The van der Waals surface area contributed by atoms with Crippen LogP contribution in [0.2, 0.25) is 0 Å². The summed E-state index contributed by atoms with van der Waals surface area (Å²) in [4.78, 5) is 34.6. The number of para-hydroxylation sites is 1. The average molecular weight is 361 g/mol. The molecule has 8 nitrogen and oxygen atoms in total. The van der Waals surface area contributed by atoms with Crippen LogP contribution < -0.4 is 10.0 Å². The number of hydrogen-bond donors (Lipinski definition) is 2. The molecule has 0 aliphatic carbocycles. The van der Waals surface area contributed by atoms with Gasteiger partial charge in [0.25, 0.3) is 5.69 Å². The van der Waals surface area contributed by atoms with E-state index in [2.05, 4.69) is 10.0 Å². The summed E-state index contributed by atoms with van der Waals surface area (Å²) in [6.07, 6.45) is 0. The molecule has 25 heavy (non-hydrogen) atoms. The number of carbonyl (C=O) groups is 2. The lowest BCUT2D eigenvalue weighted by Gasteiger charge is -2.10. The van der Waals surface area contributed by atoms with Crippen molar-refractivity contribution in [1.29, 1.82) is 0 Å². The molecule has 0 saturated heterocycles. The number of benzene rings is 2. The smallest absolute Gasteiger partial charge is 0.340 e. The Kier molecular flexibility index (Phi) is 6.35. The fourth-order valence-corrected chi connectivity index (χ4v) is 2.40. The van der Waals surface area contributed by atoms with Gasteiger partial charge < -0.3 is 10.1 Å². The predicted molar refractivity (Wildman–Crippen MR) is 93.5 cm³/mol. The summed E-state index contributed by atoms with van der Waals surface area (Å²) in [6.45, 7) is 1.93. The zero-order valence-electron chi connectivity index (χ0n) is 13.2. The van der Waals surface area contributed by atoms with Gasteiger partial charge in [-0.25, -0.2) is 9.59 Å². The second kappa shape index (κ2) is 8.69. The standard InChI is InChI=1S/C16H15N3O5S/c1-2-24-15(20)13-5-3-4-6-14(13)17-16(21)18-25-12-9-7-11(8-10-12)19(22)23/h3-10H,2H2,1H3,(H2,17,18,21). The molecule has 0 atom stereocenters. The van der Waals surface area contributed by atoms with Crippen molar-refractivity contribution in [2.75, 3.05) is 11.9 Å². The molecule has 2 N–H and O–H groups in total. The summed E-state index contributed by atoms with van der Waals surface area (Å²) in [5.41, 5.74) is 0.541. The van der Waals surface area contributed by atoms with Crippen LogP contribution >= 0.6 is 11.9 Å². The van der Waals surface area contributed by atoms with Gasteiger partial charge in [0.1, 0.15) is 0 Å². The third-order valence-corrected chi connectivity index (χ3v) is 3.78. The SMILES string of the molecule is CCOC(=O)c1ccccc1NC(=O)NSc1ccc([N+](=O)[O-])cc1. The monoisotopic (exact) mass is 361 g/mol. The van der Waals surface area contributed by atoms with Crippen LogP contribution in [0.5, 0.6) is 0 Å². The molecule has 0 aliphatic heterocycles. The van der Waals surface area contributed by atoms with Crippen LogP contribution in [-0.4, -0.2) is 23.5 Å². The summed E-state index contributed by atoms with van der Waals surface area (Å²) in [5.74, 6) is -0.526. The topological polar surface area (TPSA) is 111 Å². The molecule has 9 heteroatoms. The third kappa shape index (κ3) is 5.21. The first-order valence-electron chi connectivity index (χ1n) is 7.25. The Hall–Kier alpha value is -3.07. The van der Waals surface area contributed by atoms with E-state index >= 15 is 0 Å². The number of nitro groups is 1. The van der Waals surface area contributed by atoms with E-state index in [4.69, 9.17) is 4.74 Å². The highest BCUT2D eigenvalue weighted by Gasteiger charge is 2.14. The van der Waals surface area contributed by atoms with Crippen molar-refractivity contribution in [3.63, 3.8) is 0 Å².